The summed E-state index contributed by atoms with van der Waals surface area (Å²) >= 11 is 13.9. The third-order valence-corrected chi connectivity index (χ3v) is 6.89. The van der Waals surface area contributed by atoms with Crippen LogP contribution in [0.3, 0.4) is 0 Å². The summed E-state index contributed by atoms with van der Waals surface area (Å²) in [6.07, 6.45) is 1.48. The van der Waals surface area contributed by atoms with E-state index in [-0.39, 0.29) is 22.9 Å². The van der Waals surface area contributed by atoms with E-state index in [0.717, 1.165) is 5.69 Å². The molecule has 4 aromatic rings. The fourth-order valence-electron chi connectivity index (χ4n) is 4.04. The number of carbonyl (C=O) groups excluding carboxylic acids is 1. The monoisotopic (exact) mass is 502 g/mol. The molecule has 1 amide bonds. The molecule has 168 valence electrons. The summed E-state index contributed by atoms with van der Waals surface area (Å²) in [5, 5.41) is 1.36. The van der Waals surface area contributed by atoms with Crippen LogP contribution in [-0.4, -0.2) is 41.2 Å². The number of halogens is 3. The quantitative estimate of drug-likeness (QED) is 0.349. The molecule has 0 aliphatic carbocycles. The molecule has 0 saturated heterocycles. The maximum atomic E-state index is 13.4. The topological polar surface area (TPSA) is 76.8 Å². The lowest BCUT2D eigenvalue weighted by Crippen LogP contribution is -2.41. The van der Waals surface area contributed by atoms with Crippen molar-refractivity contribution < 1.29 is 9.18 Å². The number of imidazole rings is 1. The van der Waals surface area contributed by atoms with E-state index in [0.29, 0.717) is 51.6 Å². The van der Waals surface area contributed by atoms with Crippen molar-refractivity contribution in [1.29, 1.82) is 0 Å². The molecule has 0 fully saturated rings. The van der Waals surface area contributed by atoms with Crippen LogP contribution in [-0.2, 0) is 6.54 Å². The first kappa shape index (κ1) is 21.9. The predicted octanol–water partition coefficient (Wildman–Crippen LogP) is 5.43. The second-order valence-electron chi connectivity index (χ2n) is 7.64. The smallest absolute Gasteiger partial charge is 0.254 e. The number of hydrogen-bond donors (Lipinski definition) is 0. The van der Waals surface area contributed by atoms with E-state index in [4.69, 9.17) is 28.2 Å². The first-order chi connectivity index (χ1) is 15.8. The van der Waals surface area contributed by atoms with Crippen LogP contribution in [0.5, 0.6) is 0 Å². The number of nitrogens with zero attached hydrogens (tertiary/aromatic N) is 6. The Morgan fingerprint density at radius 1 is 1.18 bits per heavy atom. The van der Waals surface area contributed by atoms with Gasteiger partial charge >= 0.3 is 0 Å². The highest BCUT2D eigenvalue weighted by molar-refractivity contribution is 7.09. The average Bonchev–Trinajstić information content (AvgIpc) is 3.40. The third kappa shape index (κ3) is 3.90. The molecule has 4 heterocycles. The molecule has 11 heteroatoms. The maximum absolute atomic E-state index is 13.4. The predicted molar refractivity (Wildman–Crippen MR) is 125 cm³/mol. The molecule has 1 atom stereocenters. The van der Waals surface area contributed by atoms with Gasteiger partial charge in [-0.15, -0.1) is 0 Å². The summed E-state index contributed by atoms with van der Waals surface area (Å²) in [4.78, 5) is 28.5. The minimum atomic E-state index is -0.389. The van der Waals surface area contributed by atoms with Crippen LogP contribution >= 0.6 is 34.7 Å². The van der Waals surface area contributed by atoms with Gasteiger partial charge in [-0.1, -0.05) is 23.2 Å². The zero-order valence-electron chi connectivity index (χ0n) is 17.6. The number of rotatable bonds is 3. The number of amides is 1. The highest BCUT2D eigenvalue weighted by atomic mass is 35.5. The molecule has 33 heavy (non-hydrogen) atoms. The van der Waals surface area contributed by atoms with E-state index in [1.54, 1.807) is 11.0 Å². The molecule has 3 aromatic heterocycles. The van der Waals surface area contributed by atoms with Gasteiger partial charge in [0.1, 0.15) is 16.8 Å². The lowest BCUT2D eigenvalue weighted by molar-refractivity contribution is 0.0645. The minimum Gasteiger partial charge on any atom is -0.329 e. The number of aromatic nitrogens is 5. The van der Waals surface area contributed by atoms with Gasteiger partial charge < -0.3 is 9.47 Å². The molecule has 0 radical (unpaired) electrons. The summed E-state index contributed by atoms with van der Waals surface area (Å²) in [6, 6.07) is 6.87. The Bertz CT molecular complexity index is 1370. The normalized spacial score (nSPS) is 15.5. The van der Waals surface area contributed by atoms with Crippen LogP contribution in [0.25, 0.3) is 22.1 Å². The van der Waals surface area contributed by atoms with E-state index in [9.17, 15) is 9.18 Å². The summed E-state index contributed by atoms with van der Waals surface area (Å²) in [5.74, 6) is 0.749. The van der Waals surface area contributed by atoms with Crippen molar-refractivity contribution in [3.63, 3.8) is 0 Å². The number of hydrogen-bond acceptors (Lipinski definition) is 6. The van der Waals surface area contributed by atoms with Crippen molar-refractivity contribution in [2.75, 3.05) is 6.54 Å². The fraction of sp³-hybridized carbons (Fsp3) is 0.227. The maximum Gasteiger partial charge on any atom is 0.254 e. The van der Waals surface area contributed by atoms with Crippen LogP contribution in [0.2, 0.25) is 10.2 Å². The van der Waals surface area contributed by atoms with Gasteiger partial charge in [0, 0.05) is 30.4 Å². The van der Waals surface area contributed by atoms with Crippen molar-refractivity contribution in [3.05, 3.63) is 69.6 Å². The Morgan fingerprint density at radius 2 is 1.94 bits per heavy atom. The molecule has 7 nitrogen and oxygen atoms in total. The van der Waals surface area contributed by atoms with Gasteiger partial charge in [-0.25, -0.2) is 19.3 Å². The average molecular weight is 503 g/mol. The van der Waals surface area contributed by atoms with Gasteiger partial charge in [-0.3, -0.25) is 4.79 Å². The summed E-state index contributed by atoms with van der Waals surface area (Å²) in [7, 11) is 0. The van der Waals surface area contributed by atoms with E-state index in [1.165, 1.54) is 42.0 Å². The van der Waals surface area contributed by atoms with Gasteiger partial charge in [0.25, 0.3) is 5.91 Å². The van der Waals surface area contributed by atoms with Gasteiger partial charge in [0.15, 0.2) is 10.8 Å². The standard InChI is InChI=1S/C22H17Cl2FN6OS/c1-11-19-18(15-9-17(24)26-10-16(15)23)28-20(21-27-12(2)29-33-21)31(19)8-7-30(11)22(32)13-3-5-14(25)6-4-13/h3-6,9-11H,7-8H2,1-2H3/t11-/m1/s1. The molecule has 1 aromatic carbocycles. The van der Waals surface area contributed by atoms with E-state index in [1.807, 2.05) is 13.8 Å². The van der Waals surface area contributed by atoms with E-state index in [2.05, 4.69) is 18.9 Å². The molecule has 0 unspecified atom stereocenters. The van der Waals surface area contributed by atoms with E-state index < -0.39 is 0 Å². The Kier molecular flexibility index (Phi) is 5.64. The molecule has 1 aliphatic rings. The summed E-state index contributed by atoms with van der Waals surface area (Å²) in [6.45, 7) is 4.72. The Morgan fingerprint density at radius 3 is 2.64 bits per heavy atom. The molecule has 0 bridgehead atoms. The summed E-state index contributed by atoms with van der Waals surface area (Å²) in [5.41, 5.74) is 2.46. The highest BCUT2D eigenvalue weighted by Gasteiger charge is 2.35. The molecule has 0 N–H and O–H groups in total. The molecule has 0 spiro atoms. The highest BCUT2D eigenvalue weighted by Crippen LogP contribution is 2.41. The number of fused-ring (bicyclic) bond motifs is 1. The number of carbonyl (C=O) groups is 1. The van der Waals surface area contributed by atoms with Crippen molar-refractivity contribution in [2.45, 2.75) is 26.4 Å². The fourth-order valence-corrected chi connectivity index (χ4v) is 5.06. The lowest BCUT2D eigenvalue weighted by atomic mass is 10.0. The molecule has 0 saturated carbocycles. The zero-order chi connectivity index (χ0) is 23.3. The molecule has 1 aliphatic heterocycles. The van der Waals surface area contributed by atoms with Crippen LogP contribution in [0.1, 0.15) is 34.8 Å². The van der Waals surface area contributed by atoms with Gasteiger partial charge in [0.2, 0.25) is 0 Å². The Balaban J connectivity index is 1.65. The number of pyridine rings is 1. The molecular formula is C22H17Cl2FN6OS. The number of aryl methyl sites for hydroxylation is 1. The lowest BCUT2D eigenvalue weighted by Gasteiger charge is -2.35. The van der Waals surface area contributed by atoms with E-state index >= 15 is 0 Å². The van der Waals surface area contributed by atoms with Crippen molar-refractivity contribution >= 4 is 40.6 Å². The van der Waals surface area contributed by atoms with Gasteiger partial charge in [-0.2, -0.15) is 4.37 Å². The van der Waals surface area contributed by atoms with Crippen molar-refractivity contribution in [1.82, 2.24) is 28.8 Å². The van der Waals surface area contributed by atoms with Crippen LogP contribution < -0.4 is 0 Å². The second-order valence-corrected chi connectivity index (χ2v) is 9.18. The van der Waals surface area contributed by atoms with Gasteiger partial charge in [-0.05, 0) is 55.7 Å². The molecule has 5 rings (SSSR count). The number of benzene rings is 1. The second kappa shape index (κ2) is 8.48. The van der Waals surface area contributed by atoms with Crippen molar-refractivity contribution in [2.24, 2.45) is 0 Å². The molecular weight excluding hydrogens is 486 g/mol. The SMILES string of the molecule is Cc1nsc(-c2nc(-c3cc(Cl)ncc3Cl)c3n2CCN(C(=O)c2ccc(F)cc2)[C@@H]3C)n1. The largest absolute Gasteiger partial charge is 0.329 e. The van der Waals surface area contributed by atoms with Crippen LogP contribution in [0.15, 0.2) is 36.5 Å². The zero-order valence-corrected chi connectivity index (χ0v) is 19.9. The van der Waals surface area contributed by atoms with Crippen LogP contribution in [0, 0.1) is 12.7 Å². The summed E-state index contributed by atoms with van der Waals surface area (Å²) < 4.78 is 19.7. The van der Waals surface area contributed by atoms with Gasteiger partial charge in [0.05, 0.1) is 22.5 Å². The first-order valence-corrected chi connectivity index (χ1v) is 11.7. The Hall–Kier alpha value is -2.88. The third-order valence-electron chi connectivity index (χ3n) is 5.58. The first-order valence-electron chi connectivity index (χ1n) is 10.1. The van der Waals surface area contributed by atoms with Crippen molar-refractivity contribution in [3.8, 4) is 22.1 Å². The Labute approximate surface area is 203 Å². The van der Waals surface area contributed by atoms with Crippen LogP contribution in [0.4, 0.5) is 4.39 Å². The minimum absolute atomic E-state index is 0.187.